The summed E-state index contributed by atoms with van der Waals surface area (Å²) in [6.45, 7) is 0.715. The zero-order valence-electron chi connectivity index (χ0n) is 16.0. The smallest absolute Gasteiger partial charge is 0.226 e. The van der Waals surface area contributed by atoms with Crippen LogP contribution in [0.1, 0.15) is 55.0 Å². The van der Waals surface area contributed by atoms with Crippen LogP contribution < -0.4 is 0 Å². The zero-order chi connectivity index (χ0) is 19.1. The lowest BCUT2D eigenvalue weighted by Crippen LogP contribution is -2.44. The van der Waals surface area contributed by atoms with Crippen LogP contribution >= 0.6 is 0 Å². The Kier molecular flexibility index (Phi) is 4.42. The highest BCUT2D eigenvalue weighted by molar-refractivity contribution is 5.87. The number of carbonyl (C=O) groups excluding carboxylic acids is 1. The number of fused-ring (bicyclic) bond motifs is 3. The van der Waals surface area contributed by atoms with E-state index in [-0.39, 0.29) is 23.7 Å². The molecule has 5 rings (SSSR count). The number of aromatic nitrogens is 1. The molecule has 1 unspecified atom stereocenters. The molecule has 4 heteroatoms. The van der Waals surface area contributed by atoms with Gasteiger partial charge in [0, 0.05) is 29.1 Å². The maximum atomic E-state index is 13.6. The molecule has 2 aliphatic rings. The summed E-state index contributed by atoms with van der Waals surface area (Å²) in [6.07, 6.45) is 6.36. The van der Waals surface area contributed by atoms with Gasteiger partial charge in [-0.3, -0.25) is 4.79 Å². The normalized spacial score (nSPS) is 20.3. The second kappa shape index (κ2) is 7.08. The van der Waals surface area contributed by atoms with Gasteiger partial charge in [0.1, 0.15) is 5.82 Å². The molecule has 1 saturated carbocycles. The maximum absolute atomic E-state index is 13.6. The van der Waals surface area contributed by atoms with Crippen molar-refractivity contribution >= 4 is 16.8 Å². The lowest BCUT2D eigenvalue weighted by atomic mass is 9.85. The first-order valence-electron chi connectivity index (χ1n) is 10.4. The number of para-hydroxylation sites is 1. The Labute approximate surface area is 164 Å². The first-order chi connectivity index (χ1) is 13.7. The molecule has 1 aliphatic heterocycles. The molecular weight excluding hydrogens is 351 g/mol. The zero-order valence-corrected chi connectivity index (χ0v) is 16.0. The van der Waals surface area contributed by atoms with Crippen molar-refractivity contribution in [2.75, 3.05) is 6.54 Å². The highest BCUT2D eigenvalue weighted by atomic mass is 19.1. The fourth-order valence-corrected chi connectivity index (χ4v) is 5.05. The van der Waals surface area contributed by atoms with Crippen molar-refractivity contribution in [1.82, 2.24) is 9.88 Å². The quantitative estimate of drug-likeness (QED) is 0.642. The van der Waals surface area contributed by atoms with Crippen molar-refractivity contribution in [2.24, 2.45) is 5.92 Å². The van der Waals surface area contributed by atoms with Crippen molar-refractivity contribution in [3.8, 4) is 0 Å². The number of amides is 1. The number of benzene rings is 2. The molecule has 2 aromatic carbocycles. The van der Waals surface area contributed by atoms with Crippen LogP contribution in [0.25, 0.3) is 10.9 Å². The third-order valence-electron chi connectivity index (χ3n) is 6.46. The molecule has 0 bridgehead atoms. The van der Waals surface area contributed by atoms with Gasteiger partial charge in [-0.15, -0.1) is 0 Å². The van der Waals surface area contributed by atoms with E-state index < -0.39 is 0 Å². The molecule has 1 atom stereocenters. The third kappa shape index (κ3) is 2.92. The Morgan fingerprint density at radius 1 is 1.00 bits per heavy atom. The van der Waals surface area contributed by atoms with E-state index in [0.29, 0.717) is 6.54 Å². The fourth-order valence-electron chi connectivity index (χ4n) is 5.05. The summed E-state index contributed by atoms with van der Waals surface area (Å²) in [7, 11) is 0. The highest BCUT2D eigenvalue weighted by Crippen LogP contribution is 2.40. The van der Waals surface area contributed by atoms with Gasteiger partial charge in [-0.1, -0.05) is 49.6 Å². The molecule has 3 aromatic rings. The number of rotatable bonds is 2. The molecule has 1 N–H and O–H groups in total. The molecule has 1 aromatic heterocycles. The average Bonchev–Trinajstić information content (AvgIpc) is 3.13. The van der Waals surface area contributed by atoms with Crippen LogP contribution in [0.5, 0.6) is 0 Å². The Morgan fingerprint density at radius 2 is 1.75 bits per heavy atom. The van der Waals surface area contributed by atoms with Gasteiger partial charge in [-0.05, 0) is 48.6 Å². The summed E-state index contributed by atoms with van der Waals surface area (Å²) in [5.74, 6) is 0.141. The van der Waals surface area contributed by atoms with E-state index in [0.717, 1.165) is 48.9 Å². The predicted molar refractivity (Wildman–Crippen MR) is 109 cm³/mol. The Balaban J connectivity index is 1.60. The summed E-state index contributed by atoms with van der Waals surface area (Å²) in [5, 5.41) is 1.23. The lowest BCUT2D eigenvalue weighted by Gasteiger charge is -2.39. The van der Waals surface area contributed by atoms with Gasteiger partial charge in [0.05, 0.1) is 6.04 Å². The SMILES string of the molecule is O=C(C1CCCCC1)N1CCc2c([nH]c3ccccc23)C1c1ccc(F)cc1. The van der Waals surface area contributed by atoms with Crippen LogP contribution in [0, 0.1) is 11.7 Å². The highest BCUT2D eigenvalue weighted by Gasteiger charge is 2.37. The topological polar surface area (TPSA) is 36.1 Å². The van der Waals surface area contributed by atoms with E-state index in [4.69, 9.17) is 0 Å². The van der Waals surface area contributed by atoms with Crippen molar-refractivity contribution in [1.29, 1.82) is 0 Å². The number of H-pyrrole nitrogens is 1. The second-order valence-corrected chi connectivity index (χ2v) is 8.13. The number of carbonyl (C=O) groups is 1. The summed E-state index contributed by atoms with van der Waals surface area (Å²) in [6, 6.07) is 14.8. The minimum Gasteiger partial charge on any atom is -0.356 e. The van der Waals surface area contributed by atoms with Crippen LogP contribution in [0.2, 0.25) is 0 Å². The summed E-state index contributed by atoms with van der Waals surface area (Å²) >= 11 is 0. The molecule has 1 fully saturated rings. The predicted octanol–water partition coefficient (Wildman–Crippen LogP) is 5.36. The van der Waals surface area contributed by atoms with E-state index in [1.54, 1.807) is 0 Å². The second-order valence-electron chi connectivity index (χ2n) is 8.13. The molecule has 1 amide bonds. The molecule has 0 radical (unpaired) electrons. The van der Waals surface area contributed by atoms with Crippen molar-refractivity contribution in [3.63, 3.8) is 0 Å². The van der Waals surface area contributed by atoms with Crippen LogP contribution in [0.4, 0.5) is 4.39 Å². The van der Waals surface area contributed by atoms with Crippen LogP contribution in [0.15, 0.2) is 48.5 Å². The molecule has 3 nitrogen and oxygen atoms in total. The Morgan fingerprint density at radius 3 is 2.54 bits per heavy atom. The van der Waals surface area contributed by atoms with E-state index in [9.17, 15) is 9.18 Å². The van der Waals surface area contributed by atoms with Crippen LogP contribution in [-0.4, -0.2) is 22.3 Å². The van der Waals surface area contributed by atoms with Crippen LogP contribution in [-0.2, 0) is 11.2 Å². The van der Waals surface area contributed by atoms with E-state index >= 15 is 0 Å². The number of nitrogens with one attached hydrogen (secondary N) is 1. The molecule has 2 heterocycles. The van der Waals surface area contributed by atoms with Gasteiger partial charge in [-0.2, -0.15) is 0 Å². The van der Waals surface area contributed by atoms with Crippen molar-refractivity contribution in [3.05, 3.63) is 71.2 Å². The third-order valence-corrected chi connectivity index (χ3v) is 6.46. The van der Waals surface area contributed by atoms with Gasteiger partial charge < -0.3 is 9.88 Å². The van der Waals surface area contributed by atoms with Crippen LogP contribution in [0.3, 0.4) is 0 Å². The van der Waals surface area contributed by atoms with Gasteiger partial charge in [0.25, 0.3) is 0 Å². The van der Waals surface area contributed by atoms with E-state index in [2.05, 4.69) is 23.2 Å². The number of hydrogen-bond acceptors (Lipinski definition) is 1. The number of nitrogens with zero attached hydrogens (tertiary/aromatic N) is 1. The standard InChI is InChI=1S/C24H25FN2O/c25-18-12-10-16(11-13-18)23-22-20(19-8-4-5-9-21(19)26-22)14-15-27(23)24(28)17-6-2-1-3-7-17/h4-5,8-13,17,23,26H,1-3,6-7,14-15H2. The lowest BCUT2D eigenvalue weighted by molar-refractivity contribution is -0.138. The molecule has 0 saturated heterocycles. The van der Waals surface area contributed by atoms with E-state index in [1.165, 1.54) is 29.5 Å². The molecule has 144 valence electrons. The average molecular weight is 376 g/mol. The molecular formula is C24H25FN2O. The fraction of sp³-hybridized carbons (Fsp3) is 0.375. The maximum Gasteiger partial charge on any atom is 0.226 e. The van der Waals surface area contributed by atoms with Crippen molar-refractivity contribution in [2.45, 2.75) is 44.6 Å². The van der Waals surface area contributed by atoms with Crippen molar-refractivity contribution < 1.29 is 9.18 Å². The largest absolute Gasteiger partial charge is 0.356 e. The first-order valence-corrected chi connectivity index (χ1v) is 10.4. The summed E-state index contributed by atoms with van der Waals surface area (Å²) in [5.41, 5.74) is 4.45. The first kappa shape index (κ1) is 17.5. The Bertz CT molecular complexity index is 1000. The Hall–Kier alpha value is -2.62. The number of halogens is 1. The summed E-state index contributed by atoms with van der Waals surface area (Å²) in [4.78, 5) is 19.1. The number of aromatic amines is 1. The monoisotopic (exact) mass is 376 g/mol. The minimum absolute atomic E-state index is 0.127. The van der Waals surface area contributed by atoms with Gasteiger partial charge in [0.15, 0.2) is 0 Å². The van der Waals surface area contributed by atoms with Gasteiger partial charge in [0.2, 0.25) is 5.91 Å². The number of hydrogen-bond donors (Lipinski definition) is 1. The van der Waals surface area contributed by atoms with E-state index in [1.807, 2.05) is 23.1 Å². The minimum atomic E-state index is -0.249. The summed E-state index contributed by atoms with van der Waals surface area (Å²) < 4.78 is 13.6. The molecule has 0 spiro atoms. The molecule has 1 aliphatic carbocycles. The van der Waals surface area contributed by atoms with Gasteiger partial charge in [-0.25, -0.2) is 4.39 Å². The molecule has 28 heavy (non-hydrogen) atoms. The van der Waals surface area contributed by atoms with Gasteiger partial charge >= 0.3 is 0 Å².